The first kappa shape index (κ1) is 14.4. The first-order chi connectivity index (χ1) is 8.84. The van der Waals surface area contributed by atoms with E-state index in [-0.39, 0.29) is 5.91 Å². The Kier molecular flexibility index (Phi) is 7.53. The van der Waals surface area contributed by atoms with Gasteiger partial charge in [-0.2, -0.15) is 0 Å². The molecule has 0 spiro atoms. The number of carbonyl (C=O) groups excluding carboxylic acids is 2. The molecule has 1 aromatic carbocycles. The first-order valence-corrected chi connectivity index (χ1v) is 6.53. The lowest BCUT2D eigenvalue weighted by Crippen LogP contribution is -2.24. The zero-order valence-electron chi connectivity index (χ0n) is 10.7. The van der Waals surface area contributed by atoms with E-state index in [0.717, 1.165) is 32.1 Å². The van der Waals surface area contributed by atoms with Crippen LogP contribution in [0.2, 0.25) is 0 Å². The third-order valence-corrected chi connectivity index (χ3v) is 2.78. The molecule has 0 aliphatic heterocycles. The summed E-state index contributed by atoms with van der Waals surface area (Å²) in [5.41, 5.74) is 0.707. The Morgan fingerprint density at radius 1 is 1.00 bits per heavy atom. The van der Waals surface area contributed by atoms with Gasteiger partial charge in [-0.25, -0.2) is 0 Å². The Balaban J connectivity index is 2.01. The summed E-state index contributed by atoms with van der Waals surface area (Å²) in [4.78, 5) is 21.6. The SMILES string of the molecule is O=[C]CCCCCCCNC(=O)c1ccccc1. The second-order valence-electron chi connectivity index (χ2n) is 4.28. The fraction of sp³-hybridized carbons (Fsp3) is 0.467. The fourth-order valence-corrected chi connectivity index (χ4v) is 1.75. The maximum absolute atomic E-state index is 11.7. The van der Waals surface area contributed by atoms with Gasteiger partial charge in [0.1, 0.15) is 0 Å². The summed E-state index contributed by atoms with van der Waals surface area (Å²) >= 11 is 0. The molecule has 0 heterocycles. The Morgan fingerprint density at radius 2 is 1.67 bits per heavy atom. The molecule has 0 unspecified atom stereocenters. The summed E-state index contributed by atoms with van der Waals surface area (Å²) in [6.45, 7) is 0.716. The van der Waals surface area contributed by atoms with Crippen LogP contribution < -0.4 is 5.32 Å². The standard InChI is InChI=1S/C15H20NO2/c17-13-9-4-2-1-3-8-12-16-15(18)14-10-6-5-7-11-14/h5-7,10-11H,1-4,8-9,12H2,(H,16,18). The second kappa shape index (κ2) is 9.40. The topological polar surface area (TPSA) is 46.2 Å². The quantitative estimate of drug-likeness (QED) is 0.681. The van der Waals surface area contributed by atoms with Crippen LogP contribution in [0.15, 0.2) is 30.3 Å². The lowest BCUT2D eigenvalue weighted by molar-refractivity contribution is 0.0953. The van der Waals surface area contributed by atoms with E-state index < -0.39 is 0 Å². The van der Waals surface area contributed by atoms with Crippen molar-refractivity contribution in [3.63, 3.8) is 0 Å². The molecule has 0 atom stereocenters. The van der Waals surface area contributed by atoms with Gasteiger partial charge in [-0.15, -0.1) is 0 Å². The van der Waals surface area contributed by atoms with Crippen molar-refractivity contribution >= 4 is 12.2 Å². The van der Waals surface area contributed by atoms with Gasteiger partial charge in [0.15, 0.2) is 6.29 Å². The number of rotatable bonds is 9. The minimum absolute atomic E-state index is 0.00819. The highest BCUT2D eigenvalue weighted by Gasteiger charge is 2.02. The van der Waals surface area contributed by atoms with Gasteiger partial charge in [-0.05, 0) is 25.0 Å². The van der Waals surface area contributed by atoms with E-state index in [9.17, 15) is 9.59 Å². The summed E-state index contributed by atoms with van der Waals surface area (Å²) in [6, 6.07) is 9.24. The third kappa shape index (κ3) is 6.18. The lowest BCUT2D eigenvalue weighted by Gasteiger charge is -2.04. The Morgan fingerprint density at radius 3 is 2.39 bits per heavy atom. The summed E-state index contributed by atoms with van der Waals surface area (Å²) < 4.78 is 0. The molecule has 1 amide bonds. The minimum atomic E-state index is -0.00819. The van der Waals surface area contributed by atoms with Crippen LogP contribution in [0.4, 0.5) is 0 Å². The highest BCUT2D eigenvalue weighted by molar-refractivity contribution is 5.94. The second-order valence-corrected chi connectivity index (χ2v) is 4.28. The molecule has 1 rings (SSSR count). The van der Waals surface area contributed by atoms with Crippen LogP contribution >= 0.6 is 0 Å². The van der Waals surface area contributed by atoms with E-state index >= 15 is 0 Å². The number of nitrogens with one attached hydrogen (secondary N) is 1. The predicted molar refractivity (Wildman–Crippen MR) is 72.2 cm³/mol. The normalized spacial score (nSPS) is 10.0. The van der Waals surface area contributed by atoms with Gasteiger partial charge in [0.05, 0.1) is 0 Å². The molecule has 0 aliphatic carbocycles. The predicted octanol–water partition coefficient (Wildman–Crippen LogP) is 2.87. The molecule has 0 saturated heterocycles. The Bertz CT molecular complexity index is 349. The van der Waals surface area contributed by atoms with Gasteiger partial charge >= 0.3 is 0 Å². The van der Waals surface area contributed by atoms with Crippen molar-refractivity contribution in [3.05, 3.63) is 35.9 Å². The van der Waals surface area contributed by atoms with Gasteiger partial charge in [0, 0.05) is 18.5 Å². The number of unbranched alkanes of at least 4 members (excludes halogenated alkanes) is 5. The van der Waals surface area contributed by atoms with Crippen LogP contribution in [0.5, 0.6) is 0 Å². The number of amides is 1. The number of hydrogen-bond donors (Lipinski definition) is 1. The van der Waals surface area contributed by atoms with Crippen molar-refractivity contribution in [1.29, 1.82) is 0 Å². The minimum Gasteiger partial charge on any atom is -0.352 e. The van der Waals surface area contributed by atoms with Gasteiger partial charge < -0.3 is 5.32 Å². The van der Waals surface area contributed by atoms with Crippen molar-refractivity contribution in [2.45, 2.75) is 38.5 Å². The van der Waals surface area contributed by atoms with Gasteiger partial charge in [0.2, 0.25) is 0 Å². The maximum atomic E-state index is 11.7. The van der Waals surface area contributed by atoms with Crippen molar-refractivity contribution in [2.75, 3.05) is 6.54 Å². The molecule has 0 aliphatic rings. The van der Waals surface area contributed by atoms with Crippen molar-refractivity contribution in [1.82, 2.24) is 5.32 Å². The fourth-order valence-electron chi connectivity index (χ4n) is 1.75. The van der Waals surface area contributed by atoms with Crippen LogP contribution in [-0.4, -0.2) is 18.7 Å². The zero-order valence-corrected chi connectivity index (χ0v) is 10.7. The summed E-state index contributed by atoms with van der Waals surface area (Å²) in [5, 5.41) is 2.90. The van der Waals surface area contributed by atoms with Gasteiger partial charge in [-0.3, -0.25) is 9.59 Å². The summed E-state index contributed by atoms with van der Waals surface area (Å²) in [5.74, 6) is -0.00819. The molecule has 0 aromatic heterocycles. The van der Waals surface area contributed by atoms with Crippen LogP contribution in [0.3, 0.4) is 0 Å². The highest BCUT2D eigenvalue weighted by Crippen LogP contribution is 2.04. The Labute approximate surface area is 109 Å². The average molecular weight is 246 g/mol. The molecular formula is C15H20NO2. The molecule has 1 radical (unpaired) electrons. The lowest BCUT2D eigenvalue weighted by atomic mass is 10.1. The molecule has 0 saturated carbocycles. The van der Waals surface area contributed by atoms with Crippen molar-refractivity contribution in [2.24, 2.45) is 0 Å². The van der Waals surface area contributed by atoms with Crippen LogP contribution in [0.1, 0.15) is 48.9 Å². The van der Waals surface area contributed by atoms with E-state index in [1.165, 1.54) is 0 Å². The van der Waals surface area contributed by atoms with Gasteiger partial charge in [0.25, 0.3) is 5.91 Å². The molecule has 1 N–H and O–H groups in total. The zero-order chi connectivity index (χ0) is 13.1. The maximum Gasteiger partial charge on any atom is 0.251 e. The van der Waals surface area contributed by atoms with E-state index in [1.54, 1.807) is 0 Å². The number of benzene rings is 1. The average Bonchev–Trinajstić information content (AvgIpc) is 2.42. The summed E-state index contributed by atoms with van der Waals surface area (Å²) in [7, 11) is 0. The smallest absolute Gasteiger partial charge is 0.251 e. The largest absolute Gasteiger partial charge is 0.352 e. The Hall–Kier alpha value is -1.64. The number of hydrogen-bond acceptors (Lipinski definition) is 2. The molecular weight excluding hydrogens is 226 g/mol. The van der Waals surface area contributed by atoms with Crippen LogP contribution in [-0.2, 0) is 4.79 Å². The summed E-state index contributed by atoms with van der Waals surface area (Å²) in [6.07, 6.45) is 7.64. The first-order valence-electron chi connectivity index (χ1n) is 6.53. The van der Waals surface area contributed by atoms with Gasteiger partial charge in [-0.1, -0.05) is 37.5 Å². The molecule has 97 valence electrons. The van der Waals surface area contributed by atoms with E-state index in [4.69, 9.17) is 0 Å². The monoisotopic (exact) mass is 246 g/mol. The van der Waals surface area contributed by atoms with E-state index in [0.29, 0.717) is 18.5 Å². The van der Waals surface area contributed by atoms with E-state index in [2.05, 4.69) is 5.32 Å². The molecule has 3 nitrogen and oxygen atoms in total. The molecule has 1 aromatic rings. The van der Waals surface area contributed by atoms with Crippen molar-refractivity contribution < 1.29 is 9.59 Å². The van der Waals surface area contributed by atoms with E-state index in [1.807, 2.05) is 36.6 Å². The van der Waals surface area contributed by atoms with Crippen molar-refractivity contribution in [3.8, 4) is 0 Å². The molecule has 18 heavy (non-hydrogen) atoms. The van der Waals surface area contributed by atoms with Crippen LogP contribution in [0.25, 0.3) is 0 Å². The third-order valence-electron chi connectivity index (χ3n) is 2.78. The molecule has 0 bridgehead atoms. The number of carbonyl (C=O) groups is 1. The molecule has 0 fully saturated rings. The van der Waals surface area contributed by atoms with Crippen LogP contribution in [0, 0.1) is 0 Å². The molecule has 3 heteroatoms. The highest BCUT2D eigenvalue weighted by atomic mass is 16.1.